The maximum atomic E-state index is 13.1. The summed E-state index contributed by atoms with van der Waals surface area (Å²) in [4.78, 5) is 25.9. The highest BCUT2D eigenvalue weighted by Crippen LogP contribution is 2.15. The molecule has 3 unspecified atom stereocenters. The summed E-state index contributed by atoms with van der Waals surface area (Å²) < 4.78 is 5.81. The predicted octanol–water partition coefficient (Wildman–Crippen LogP) is 13.4. The summed E-state index contributed by atoms with van der Waals surface area (Å²) in [5.41, 5.74) is 0. The van der Waals surface area contributed by atoms with E-state index in [0.29, 0.717) is 19.3 Å². The summed E-state index contributed by atoms with van der Waals surface area (Å²) >= 11 is 0. The zero-order valence-corrected chi connectivity index (χ0v) is 36.7. The van der Waals surface area contributed by atoms with Crippen molar-refractivity contribution in [3.63, 3.8) is 0 Å². The molecule has 0 spiro atoms. The molecule has 3 N–H and O–H groups in total. The standard InChI is InChI=1S/C51H85NO5/c1-4-7-10-13-16-19-22-23-24-25-26-29-32-35-38-41-44-51(56)57-47(42-39-36-33-30-27-20-17-14-11-8-5-2)45-50(55)52-48(46-53)49(54)43-40-37-34-31-28-21-18-15-12-9-6-3/h7-8,10-11,14,16-17,19-20,23-24,27,30,33,36,39,47-49,53-54H,4-6,9,12-13,15,18,21-22,25-26,28-29,31-32,34-35,37-38,40-46H2,1-3H3,(H,52,55)/b10-7+,11-8+,17-14+,19-16+,24-23+,27-20-,33-30-,39-36+. The molecule has 0 aliphatic rings. The van der Waals surface area contributed by atoms with E-state index in [9.17, 15) is 19.8 Å². The van der Waals surface area contributed by atoms with Gasteiger partial charge in [0.05, 0.1) is 25.2 Å². The number of ether oxygens (including phenoxy) is 1. The fraction of sp³-hybridized carbons (Fsp3) is 0.647. The van der Waals surface area contributed by atoms with E-state index in [1.54, 1.807) is 0 Å². The molecule has 57 heavy (non-hydrogen) atoms. The van der Waals surface area contributed by atoms with E-state index in [-0.39, 0.29) is 24.9 Å². The van der Waals surface area contributed by atoms with Gasteiger partial charge in [0.2, 0.25) is 5.91 Å². The number of rotatable bonds is 39. The third-order valence-corrected chi connectivity index (χ3v) is 9.79. The van der Waals surface area contributed by atoms with Gasteiger partial charge in [0.1, 0.15) is 6.10 Å². The van der Waals surface area contributed by atoms with E-state index in [4.69, 9.17) is 4.74 Å². The van der Waals surface area contributed by atoms with Crippen LogP contribution in [0, 0.1) is 0 Å². The van der Waals surface area contributed by atoms with Gasteiger partial charge in [-0.2, -0.15) is 0 Å². The van der Waals surface area contributed by atoms with Crippen LogP contribution in [0.1, 0.15) is 188 Å². The third kappa shape index (κ3) is 39.4. The molecule has 0 saturated heterocycles. The van der Waals surface area contributed by atoms with Gasteiger partial charge in [-0.1, -0.05) is 214 Å². The zero-order chi connectivity index (χ0) is 41.7. The third-order valence-electron chi connectivity index (χ3n) is 9.79. The highest BCUT2D eigenvalue weighted by atomic mass is 16.5. The van der Waals surface area contributed by atoms with Gasteiger partial charge in [0.15, 0.2) is 0 Å². The van der Waals surface area contributed by atoms with Crippen molar-refractivity contribution < 1.29 is 24.5 Å². The van der Waals surface area contributed by atoms with Gasteiger partial charge < -0.3 is 20.3 Å². The first-order chi connectivity index (χ1) is 28.0. The van der Waals surface area contributed by atoms with Gasteiger partial charge in [-0.3, -0.25) is 9.59 Å². The number of unbranched alkanes of at least 4 members (excludes halogenated alkanes) is 16. The van der Waals surface area contributed by atoms with Gasteiger partial charge >= 0.3 is 5.97 Å². The van der Waals surface area contributed by atoms with Crippen LogP contribution in [-0.4, -0.2) is 46.9 Å². The molecule has 0 radical (unpaired) electrons. The molecule has 1 amide bonds. The van der Waals surface area contributed by atoms with Gasteiger partial charge in [0.25, 0.3) is 0 Å². The molecular weight excluding hydrogens is 707 g/mol. The number of aliphatic hydroxyl groups excluding tert-OH is 2. The lowest BCUT2D eigenvalue weighted by molar-refractivity contribution is -0.150. The SMILES string of the molecule is CC/C=C/C=C/C=C\C=C/C=C/CC(CC(=O)NC(CO)C(O)CCCCCCCCCCCCC)OC(=O)CCCCCCCC/C=C/C/C=C/C/C=C/CC. The predicted molar refractivity (Wildman–Crippen MR) is 245 cm³/mol. The second-order valence-corrected chi connectivity index (χ2v) is 15.2. The lowest BCUT2D eigenvalue weighted by atomic mass is 10.0. The summed E-state index contributed by atoms with van der Waals surface area (Å²) in [6, 6.07) is -0.745. The Kier molecular flexibility index (Phi) is 41.4. The van der Waals surface area contributed by atoms with Crippen molar-refractivity contribution in [1.82, 2.24) is 5.32 Å². The monoisotopic (exact) mass is 792 g/mol. The minimum absolute atomic E-state index is 0.0293. The van der Waals surface area contributed by atoms with Crippen molar-refractivity contribution in [3.8, 4) is 0 Å². The smallest absolute Gasteiger partial charge is 0.306 e. The number of allylic oxidation sites excluding steroid dienone is 15. The Morgan fingerprint density at radius 1 is 0.561 bits per heavy atom. The number of esters is 1. The zero-order valence-electron chi connectivity index (χ0n) is 36.7. The molecule has 0 aromatic carbocycles. The Morgan fingerprint density at radius 2 is 1.05 bits per heavy atom. The molecule has 6 heteroatoms. The quantitative estimate of drug-likeness (QED) is 0.0249. The summed E-state index contributed by atoms with van der Waals surface area (Å²) in [6.07, 6.45) is 57.7. The molecule has 0 saturated carbocycles. The van der Waals surface area contributed by atoms with Gasteiger partial charge in [0, 0.05) is 12.8 Å². The van der Waals surface area contributed by atoms with Crippen LogP contribution in [0.15, 0.2) is 97.2 Å². The molecule has 0 aliphatic carbocycles. The first-order valence-electron chi connectivity index (χ1n) is 23.0. The van der Waals surface area contributed by atoms with E-state index >= 15 is 0 Å². The van der Waals surface area contributed by atoms with Gasteiger partial charge in [-0.15, -0.1) is 0 Å². The Labute approximate surface area is 350 Å². The van der Waals surface area contributed by atoms with E-state index in [1.807, 2.05) is 54.7 Å². The van der Waals surface area contributed by atoms with Crippen LogP contribution >= 0.6 is 0 Å². The molecule has 0 aromatic rings. The van der Waals surface area contributed by atoms with Crippen LogP contribution in [0.5, 0.6) is 0 Å². The first-order valence-corrected chi connectivity index (χ1v) is 23.0. The summed E-state index contributed by atoms with van der Waals surface area (Å²) in [5, 5.41) is 23.6. The fourth-order valence-corrected chi connectivity index (χ4v) is 6.35. The number of carbonyl (C=O) groups excluding carboxylic acids is 2. The number of hydrogen-bond acceptors (Lipinski definition) is 5. The average molecular weight is 792 g/mol. The Balaban J connectivity index is 4.73. The Morgan fingerprint density at radius 3 is 1.63 bits per heavy atom. The molecule has 6 nitrogen and oxygen atoms in total. The van der Waals surface area contributed by atoms with Gasteiger partial charge in [-0.05, 0) is 51.4 Å². The van der Waals surface area contributed by atoms with Crippen molar-refractivity contribution in [3.05, 3.63) is 97.2 Å². The average Bonchev–Trinajstić information content (AvgIpc) is 3.20. The normalized spacial score (nSPS) is 14.3. The number of carbonyl (C=O) groups is 2. The van der Waals surface area contributed by atoms with Crippen molar-refractivity contribution in [1.29, 1.82) is 0 Å². The van der Waals surface area contributed by atoms with Crippen molar-refractivity contribution >= 4 is 11.9 Å². The summed E-state index contributed by atoms with van der Waals surface area (Å²) in [7, 11) is 0. The van der Waals surface area contributed by atoms with Crippen LogP contribution in [0.25, 0.3) is 0 Å². The van der Waals surface area contributed by atoms with Crippen LogP contribution in [0.2, 0.25) is 0 Å². The second kappa shape index (κ2) is 43.9. The maximum absolute atomic E-state index is 13.1. The summed E-state index contributed by atoms with van der Waals surface area (Å²) in [6.45, 7) is 6.15. The topological polar surface area (TPSA) is 95.9 Å². The van der Waals surface area contributed by atoms with Crippen LogP contribution in [-0.2, 0) is 14.3 Å². The van der Waals surface area contributed by atoms with Gasteiger partial charge in [-0.25, -0.2) is 0 Å². The lowest BCUT2D eigenvalue weighted by Crippen LogP contribution is -2.46. The van der Waals surface area contributed by atoms with E-state index in [2.05, 4.69) is 68.6 Å². The second-order valence-electron chi connectivity index (χ2n) is 15.2. The van der Waals surface area contributed by atoms with Crippen molar-refractivity contribution in [2.75, 3.05) is 6.61 Å². The van der Waals surface area contributed by atoms with Crippen LogP contribution in [0.3, 0.4) is 0 Å². The van der Waals surface area contributed by atoms with Crippen molar-refractivity contribution in [2.24, 2.45) is 0 Å². The highest BCUT2D eigenvalue weighted by molar-refractivity contribution is 5.77. The lowest BCUT2D eigenvalue weighted by Gasteiger charge is -2.24. The molecule has 0 bridgehead atoms. The van der Waals surface area contributed by atoms with Crippen LogP contribution in [0.4, 0.5) is 0 Å². The van der Waals surface area contributed by atoms with Crippen molar-refractivity contribution in [2.45, 2.75) is 206 Å². The molecule has 0 aromatic heterocycles. The van der Waals surface area contributed by atoms with E-state index in [1.165, 1.54) is 64.2 Å². The largest absolute Gasteiger partial charge is 0.461 e. The number of aliphatic hydroxyl groups is 2. The molecular formula is C51H85NO5. The maximum Gasteiger partial charge on any atom is 0.306 e. The van der Waals surface area contributed by atoms with E-state index < -0.39 is 18.2 Å². The number of hydrogen-bond donors (Lipinski definition) is 3. The van der Waals surface area contributed by atoms with Crippen LogP contribution < -0.4 is 5.32 Å². The Hall–Kier alpha value is -3.22. The summed E-state index contributed by atoms with van der Waals surface area (Å²) in [5.74, 6) is -0.633. The first kappa shape index (κ1) is 53.8. The molecule has 0 heterocycles. The number of amides is 1. The minimum Gasteiger partial charge on any atom is -0.461 e. The highest BCUT2D eigenvalue weighted by Gasteiger charge is 2.23. The molecule has 3 atom stereocenters. The molecule has 324 valence electrons. The fourth-order valence-electron chi connectivity index (χ4n) is 6.35. The molecule has 0 aliphatic heterocycles. The molecule has 0 rings (SSSR count). The minimum atomic E-state index is -0.823. The Bertz CT molecular complexity index is 1160. The molecule has 0 fully saturated rings. The van der Waals surface area contributed by atoms with E-state index in [0.717, 1.165) is 77.0 Å². The number of nitrogens with one attached hydrogen (secondary N) is 1.